The molecule has 0 bridgehead atoms. The fourth-order valence-electron chi connectivity index (χ4n) is 1.61. The lowest BCUT2D eigenvalue weighted by atomic mass is 10.2. The van der Waals surface area contributed by atoms with Crippen LogP contribution in [0.2, 0.25) is 0 Å². The van der Waals surface area contributed by atoms with Gasteiger partial charge in [0.1, 0.15) is 0 Å². The van der Waals surface area contributed by atoms with Gasteiger partial charge in [0.25, 0.3) is 0 Å². The summed E-state index contributed by atoms with van der Waals surface area (Å²) in [6.07, 6.45) is 6.78. The Labute approximate surface area is 106 Å². The summed E-state index contributed by atoms with van der Waals surface area (Å²) >= 11 is 1.76. The van der Waals surface area contributed by atoms with E-state index in [1.165, 1.54) is 16.1 Å². The normalized spacial score (nSPS) is 10.2. The molecule has 0 atom stereocenters. The number of pyridine rings is 1. The van der Waals surface area contributed by atoms with Crippen LogP contribution in [0, 0.1) is 0 Å². The maximum Gasteiger partial charge on any atom is 0.0341 e. The molecule has 0 aliphatic heterocycles. The van der Waals surface area contributed by atoms with E-state index in [0.29, 0.717) is 0 Å². The summed E-state index contributed by atoms with van der Waals surface area (Å²) in [5, 5.41) is 3.41. The van der Waals surface area contributed by atoms with Crippen LogP contribution in [0.1, 0.15) is 5.56 Å². The monoisotopic (exact) mass is 244 g/mol. The van der Waals surface area contributed by atoms with Crippen molar-refractivity contribution in [2.24, 2.45) is 0 Å². The Morgan fingerprint density at radius 3 is 2.41 bits per heavy atom. The van der Waals surface area contributed by atoms with Gasteiger partial charge < -0.3 is 5.32 Å². The molecule has 17 heavy (non-hydrogen) atoms. The van der Waals surface area contributed by atoms with E-state index in [2.05, 4.69) is 53.0 Å². The summed E-state index contributed by atoms with van der Waals surface area (Å²) in [5.41, 5.74) is 2.49. The van der Waals surface area contributed by atoms with Gasteiger partial charge in [0, 0.05) is 29.5 Å². The molecule has 0 aliphatic rings. The van der Waals surface area contributed by atoms with E-state index in [1.807, 2.05) is 12.4 Å². The second kappa shape index (κ2) is 6.30. The fraction of sp³-hybridized carbons (Fsp3) is 0.214. The van der Waals surface area contributed by atoms with Gasteiger partial charge in [-0.25, -0.2) is 0 Å². The Morgan fingerprint density at radius 2 is 1.76 bits per heavy atom. The van der Waals surface area contributed by atoms with E-state index in [0.717, 1.165) is 13.0 Å². The number of rotatable bonds is 5. The molecule has 88 valence electrons. The fourth-order valence-corrected chi connectivity index (χ4v) is 2.02. The highest BCUT2D eigenvalue weighted by Crippen LogP contribution is 2.17. The Morgan fingerprint density at radius 1 is 1.06 bits per heavy atom. The van der Waals surface area contributed by atoms with Crippen molar-refractivity contribution >= 4 is 17.4 Å². The van der Waals surface area contributed by atoms with Crippen LogP contribution < -0.4 is 5.32 Å². The largest absolute Gasteiger partial charge is 0.385 e. The predicted molar refractivity (Wildman–Crippen MR) is 74.7 cm³/mol. The van der Waals surface area contributed by atoms with Crippen LogP contribution in [0.25, 0.3) is 0 Å². The second-order valence-corrected chi connectivity index (χ2v) is 4.64. The molecule has 0 fully saturated rings. The maximum atomic E-state index is 4.01. The molecule has 0 aliphatic carbocycles. The zero-order valence-electron chi connectivity index (χ0n) is 9.89. The minimum Gasteiger partial charge on any atom is -0.385 e. The van der Waals surface area contributed by atoms with Gasteiger partial charge in [-0.3, -0.25) is 4.98 Å². The van der Waals surface area contributed by atoms with Crippen molar-refractivity contribution in [1.82, 2.24) is 4.98 Å². The molecule has 3 heteroatoms. The summed E-state index contributed by atoms with van der Waals surface area (Å²) in [5.74, 6) is 0. The van der Waals surface area contributed by atoms with Gasteiger partial charge >= 0.3 is 0 Å². The minimum absolute atomic E-state index is 0.947. The first-order chi connectivity index (χ1) is 8.38. The highest BCUT2D eigenvalue weighted by molar-refractivity contribution is 7.98. The van der Waals surface area contributed by atoms with Gasteiger partial charge in [-0.1, -0.05) is 0 Å². The SMILES string of the molecule is CSc1ccc(NCCc2ccncc2)cc1. The van der Waals surface area contributed by atoms with Crippen molar-refractivity contribution in [1.29, 1.82) is 0 Å². The number of nitrogens with zero attached hydrogens (tertiary/aromatic N) is 1. The average Bonchev–Trinajstić information content (AvgIpc) is 2.41. The number of thioether (sulfide) groups is 1. The molecule has 2 nitrogen and oxygen atoms in total. The molecule has 0 saturated carbocycles. The van der Waals surface area contributed by atoms with Crippen LogP contribution in [0.5, 0.6) is 0 Å². The molecule has 0 amide bonds. The van der Waals surface area contributed by atoms with Gasteiger partial charge in [0.15, 0.2) is 0 Å². The first-order valence-corrected chi connectivity index (χ1v) is 6.88. The summed E-state index contributed by atoms with van der Waals surface area (Å²) in [6.45, 7) is 0.947. The third-order valence-electron chi connectivity index (χ3n) is 2.58. The summed E-state index contributed by atoms with van der Waals surface area (Å²) in [6, 6.07) is 12.6. The van der Waals surface area contributed by atoms with Crippen molar-refractivity contribution in [3.63, 3.8) is 0 Å². The molecule has 0 unspecified atom stereocenters. The van der Waals surface area contributed by atoms with Gasteiger partial charge in [0.05, 0.1) is 0 Å². The first kappa shape index (κ1) is 12.0. The van der Waals surface area contributed by atoms with Crippen molar-refractivity contribution in [3.8, 4) is 0 Å². The molecule has 1 heterocycles. The van der Waals surface area contributed by atoms with Crippen LogP contribution in [-0.2, 0) is 6.42 Å². The number of anilines is 1. The molecule has 2 aromatic rings. The summed E-state index contributed by atoms with van der Waals surface area (Å²) in [7, 11) is 0. The van der Waals surface area contributed by atoms with E-state index in [-0.39, 0.29) is 0 Å². The molecule has 1 aromatic carbocycles. The highest BCUT2D eigenvalue weighted by atomic mass is 32.2. The summed E-state index contributed by atoms with van der Waals surface area (Å²) in [4.78, 5) is 5.30. The lowest BCUT2D eigenvalue weighted by molar-refractivity contribution is 1.01. The Kier molecular flexibility index (Phi) is 4.45. The molecular weight excluding hydrogens is 228 g/mol. The van der Waals surface area contributed by atoms with E-state index < -0.39 is 0 Å². The molecule has 1 N–H and O–H groups in total. The van der Waals surface area contributed by atoms with E-state index in [9.17, 15) is 0 Å². The quantitative estimate of drug-likeness (QED) is 0.815. The zero-order valence-corrected chi connectivity index (χ0v) is 10.7. The molecule has 0 spiro atoms. The number of hydrogen-bond acceptors (Lipinski definition) is 3. The highest BCUT2D eigenvalue weighted by Gasteiger charge is 1.94. The Hall–Kier alpha value is -1.48. The van der Waals surface area contributed by atoms with Crippen LogP contribution in [0.15, 0.2) is 53.7 Å². The van der Waals surface area contributed by atoms with Gasteiger partial charge in [-0.2, -0.15) is 0 Å². The Balaban J connectivity index is 1.82. The van der Waals surface area contributed by atoms with Crippen LogP contribution >= 0.6 is 11.8 Å². The van der Waals surface area contributed by atoms with Gasteiger partial charge in [-0.15, -0.1) is 11.8 Å². The van der Waals surface area contributed by atoms with Crippen LogP contribution in [-0.4, -0.2) is 17.8 Å². The third-order valence-corrected chi connectivity index (χ3v) is 3.33. The zero-order chi connectivity index (χ0) is 11.9. The predicted octanol–water partition coefficient (Wildman–Crippen LogP) is 3.46. The van der Waals surface area contributed by atoms with Crippen molar-refractivity contribution in [2.75, 3.05) is 18.1 Å². The number of aromatic nitrogens is 1. The molecular formula is C14H16N2S. The van der Waals surface area contributed by atoms with Gasteiger partial charge in [-0.05, 0) is 54.6 Å². The second-order valence-electron chi connectivity index (χ2n) is 3.76. The molecule has 0 radical (unpaired) electrons. The van der Waals surface area contributed by atoms with E-state index >= 15 is 0 Å². The van der Waals surface area contributed by atoms with Gasteiger partial charge in [0.2, 0.25) is 0 Å². The number of hydrogen-bond donors (Lipinski definition) is 1. The minimum atomic E-state index is 0.947. The average molecular weight is 244 g/mol. The first-order valence-electron chi connectivity index (χ1n) is 5.65. The lowest BCUT2D eigenvalue weighted by Crippen LogP contribution is -2.04. The molecule has 0 saturated heterocycles. The van der Waals surface area contributed by atoms with E-state index in [4.69, 9.17) is 0 Å². The maximum absolute atomic E-state index is 4.01. The van der Waals surface area contributed by atoms with Crippen molar-refractivity contribution in [3.05, 3.63) is 54.4 Å². The van der Waals surface area contributed by atoms with E-state index in [1.54, 1.807) is 11.8 Å². The summed E-state index contributed by atoms with van der Waals surface area (Å²) < 4.78 is 0. The van der Waals surface area contributed by atoms with Crippen LogP contribution in [0.3, 0.4) is 0 Å². The standard InChI is InChI=1S/C14H16N2S/c1-17-14-4-2-13(3-5-14)16-11-8-12-6-9-15-10-7-12/h2-7,9-10,16H,8,11H2,1H3. The lowest BCUT2D eigenvalue weighted by Gasteiger charge is -2.06. The third kappa shape index (κ3) is 3.79. The molecule has 2 rings (SSSR count). The topological polar surface area (TPSA) is 24.9 Å². The molecule has 1 aromatic heterocycles. The van der Waals surface area contributed by atoms with Crippen LogP contribution in [0.4, 0.5) is 5.69 Å². The number of nitrogens with one attached hydrogen (secondary N) is 1. The smallest absolute Gasteiger partial charge is 0.0341 e. The number of benzene rings is 1. The Bertz CT molecular complexity index is 440. The van der Waals surface area contributed by atoms with Crippen molar-refractivity contribution < 1.29 is 0 Å². The van der Waals surface area contributed by atoms with Crippen molar-refractivity contribution in [2.45, 2.75) is 11.3 Å².